The van der Waals surface area contributed by atoms with Crippen molar-refractivity contribution in [3.63, 3.8) is 0 Å². The lowest BCUT2D eigenvalue weighted by Gasteiger charge is -2.03. The number of aliphatic hydroxyl groups is 1. The van der Waals surface area contributed by atoms with Crippen LogP contribution in [0.2, 0.25) is 0 Å². The summed E-state index contributed by atoms with van der Waals surface area (Å²) in [5, 5.41) is 10.1. The molecule has 1 unspecified atom stereocenters. The smallest absolute Gasteiger partial charge is 0.0697 e. The third-order valence-electron chi connectivity index (χ3n) is 1.19. The fourth-order valence-corrected chi connectivity index (χ4v) is 0.640. The van der Waals surface area contributed by atoms with E-state index in [1.165, 1.54) is 0 Å². The molecule has 0 spiro atoms. The lowest BCUT2D eigenvalue weighted by atomic mass is 10.1. The molecule has 0 saturated carbocycles. The highest BCUT2D eigenvalue weighted by molar-refractivity contribution is 7.79. The fraction of sp³-hybridized carbons (Fsp3) is 0.857. The minimum atomic E-state index is 0.103. The molecule has 10 heavy (non-hydrogen) atoms. The van der Waals surface area contributed by atoms with Gasteiger partial charge in [0, 0.05) is 6.61 Å². The largest absolute Gasteiger partial charge is 0.394 e. The number of hydrogen-bond acceptors (Lipinski definition) is 3. The highest BCUT2D eigenvalue weighted by atomic mass is 32.1. The zero-order valence-electron chi connectivity index (χ0n) is 6.25. The summed E-state index contributed by atoms with van der Waals surface area (Å²) in [7, 11) is 0. The Kier molecular flexibility index (Phi) is 7.13. The zero-order valence-corrected chi connectivity index (χ0v) is 7.06. The second kappa shape index (κ2) is 7.12. The van der Waals surface area contributed by atoms with Crippen LogP contribution in [0.15, 0.2) is 0 Å². The maximum Gasteiger partial charge on any atom is 0.0697 e. The van der Waals surface area contributed by atoms with Crippen LogP contribution in [-0.2, 0) is 4.74 Å². The number of ether oxygens (including phenoxy) is 1. The van der Waals surface area contributed by atoms with Crippen LogP contribution >= 0.6 is 12.2 Å². The van der Waals surface area contributed by atoms with Crippen molar-refractivity contribution >= 4 is 17.6 Å². The van der Waals surface area contributed by atoms with E-state index in [-0.39, 0.29) is 6.61 Å². The predicted octanol–water partition coefficient (Wildman–Crippen LogP) is 1.02. The lowest BCUT2D eigenvalue weighted by Crippen LogP contribution is -2.05. The summed E-state index contributed by atoms with van der Waals surface area (Å²) in [5.41, 5.74) is 0. The Bertz CT molecular complexity index is 85.7. The van der Waals surface area contributed by atoms with E-state index < -0.39 is 0 Å². The Morgan fingerprint density at radius 3 is 2.80 bits per heavy atom. The first-order valence-electron chi connectivity index (χ1n) is 3.45. The van der Waals surface area contributed by atoms with Gasteiger partial charge in [-0.05, 0) is 17.7 Å². The standard InChI is InChI=1S/C7H14O2S/c1-7(6-10)2-4-9-5-3-8/h6-8H,2-5H2,1H3. The van der Waals surface area contributed by atoms with Crippen molar-refractivity contribution in [1.82, 2.24) is 0 Å². The molecule has 0 bridgehead atoms. The van der Waals surface area contributed by atoms with E-state index in [2.05, 4.69) is 6.92 Å². The second-order valence-corrected chi connectivity index (χ2v) is 2.51. The monoisotopic (exact) mass is 162 g/mol. The first-order chi connectivity index (χ1) is 4.81. The van der Waals surface area contributed by atoms with Crippen LogP contribution in [0.25, 0.3) is 0 Å². The topological polar surface area (TPSA) is 29.5 Å². The summed E-state index contributed by atoms with van der Waals surface area (Å²) in [4.78, 5) is 0. The highest BCUT2D eigenvalue weighted by Crippen LogP contribution is 1.97. The van der Waals surface area contributed by atoms with Gasteiger partial charge in [0.25, 0.3) is 0 Å². The Morgan fingerprint density at radius 2 is 2.30 bits per heavy atom. The molecule has 0 fully saturated rings. The molecule has 0 radical (unpaired) electrons. The van der Waals surface area contributed by atoms with Crippen molar-refractivity contribution in [3.05, 3.63) is 0 Å². The Hall–Kier alpha value is 0.0100. The quantitative estimate of drug-likeness (QED) is 0.467. The molecule has 0 aliphatic carbocycles. The van der Waals surface area contributed by atoms with Crippen molar-refractivity contribution in [3.8, 4) is 0 Å². The fourth-order valence-electron chi connectivity index (χ4n) is 0.504. The predicted molar refractivity (Wildman–Crippen MR) is 45.3 cm³/mol. The number of rotatable bonds is 6. The molecule has 1 atom stereocenters. The molecular weight excluding hydrogens is 148 g/mol. The summed E-state index contributed by atoms with van der Waals surface area (Å²) in [5.74, 6) is 0.439. The first kappa shape index (κ1) is 10.0. The molecule has 0 rings (SSSR count). The van der Waals surface area contributed by atoms with Gasteiger partial charge in [0.1, 0.15) is 0 Å². The molecule has 0 heterocycles. The van der Waals surface area contributed by atoms with Gasteiger partial charge in [-0.25, -0.2) is 0 Å². The van der Waals surface area contributed by atoms with E-state index in [1.54, 1.807) is 5.37 Å². The second-order valence-electron chi connectivity index (χ2n) is 2.24. The first-order valence-corrected chi connectivity index (χ1v) is 3.92. The van der Waals surface area contributed by atoms with Gasteiger partial charge in [0.15, 0.2) is 0 Å². The van der Waals surface area contributed by atoms with Crippen LogP contribution in [0, 0.1) is 5.92 Å². The van der Waals surface area contributed by atoms with E-state index in [0.29, 0.717) is 19.1 Å². The van der Waals surface area contributed by atoms with Crippen molar-refractivity contribution < 1.29 is 9.84 Å². The van der Waals surface area contributed by atoms with E-state index in [1.807, 2.05) is 0 Å². The average Bonchev–Trinajstić information content (AvgIpc) is 1.98. The summed E-state index contributed by atoms with van der Waals surface area (Å²) in [6.45, 7) is 3.28. The normalized spacial score (nSPS) is 13.0. The van der Waals surface area contributed by atoms with E-state index >= 15 is 0 Å². The third-order valence-corrected chi connectivity index (χ3v) is 1.65. The molecule has 0 saturated heterocycles. The SMILES string of the molecule is CC(C=S)CCOCCO. The summed E-state index contributed by atoms with van der Waals surface area (Å²) >= 11 is 4.72. The molecule has 0 aromatic heterocycles. The minimum absolute atomic E-state index is 0.103. The van der Waals surface area contributed by atoms with Gasteiger partial charge < -0.3 is 9.84 Å². The molecular formula is C7H14O2S. The molecule has 60 valence electrons. The van der Waals surface area contributed by atoms with Crippen LogP contribution in [-0.4, -0.2) is 30.3 Å². The number of thiocarbonyl (C=S) groups is 1. The van der Waals surface area contributed by atoms with E-state index in [4.69, 9.17) is 22.1 Å². The van der Waals surface area contributed by atoms with Crippen molar-refractivity contribution in [2.24, 2.45) is 5.92 Å². The van der Waals surface area contributed by atoms with Crippen LogP contribution in [0.5, 0.6) is 0 Å². The maximum atomic E-state index is 8.34. The van der Waals surface area contributed by atoms with Gasteiger partial charge in [-0.1, -0.05) is 19.1 Å². The summed E-state index contributed by atoms with van der Waals surface area (Å²) in [6.07, 6.45) is 0.948. The molecule has 3 heteroatoms. The Balaban J connectivity index is 2.95. The van der Waals surface area contributed by atoms with Crippen LogP contribution < -0.4 is 0 Å². The molecule has 0 aromatic rings. The van der Waals surface area contributed by atoms with Gasteiger partial charge in [0.2, 0.25) is 0 Å². The molecule has 0 aliphatic heterocycles. The van der Waals surface area contributed by atoms with Crippen molar-refractivity contribution in [2.45, 2.75) is 13.3 Å². The van der Waals surface area contributed by atoms with Crippen molar-refractivity contribution in [1.29, 1.82) is 0 Å². The number of hydrogen-bond donors (Lipinski definition) is 1. The summed E-state index contributed by atoms with van der Waals surface area (Å²) < 4.78 is 5.04. The van der Waals surface area contributed by atoms with E-state index in [9.17, 15) is 0 Å². The van der Waals surface area contributed by atoms with Crippen LogP contribution in [0.3, 0.4) is 0 Å². The minimum Gasteiger partial charge on any atom is -0.394 e. The lowest BCUT2D eigenvalue weighted by molar-refractivity contribution is 0.0880. The zero-order chi connectivity index (χ0) is 7.82. The molecule has 0 aliphatic rings. The third kappa shape index (κ3) is 6.13. The average molecular weight is 162 g/mol. The van der Waals surface area contributed by atoms with Gasteiger partial charge >= 0.3 is 0 Å². The van der Waals surface area contributed by atoms with Gasteiger partial charge in [-0.15, -0.1) is 0 Å². The maximum absolute atomic E-state index is 8.34. The van der Waals surface area contributed by atoms with Crippen molar-refractivity contribution in [2.75, 3.05) is 19.8 Å². The van der Waals surface area contributed by atoms with E-state index in [0.717, 1.165) is 6.42 Å². The van der Waals surface area contributed by atoms with Crippen LogP contribution in [0.4, 0.5) is 0 Å². The molecule has 2 nitrogen and oxygen atoms in total. The van der Waals surface area contributed by atoms with Gasteiger partial charge in [0.05, 0.1) is 13.2 Å². The molecule has 1 N–H and O–H groups in total. The molecule has 0 amide bonds. The highest BCUT2D eigenvalue weighted by Gasteiger charge is 1.95. The Labute approximate surface area is 67.2 Å². The summed E-state index contributed by atoms with van der Waals surface area (Å²) in [6, 6.07) is 0. The molecule has 0 aromatic carbocycles. The van der Waals surface area contributed by atoms with Crippen LogP contribution in [0.1, 0.15) is 13.3 Å². The van der Waals surface area contributed by atoms with Gasteiger partial charge in [-0.2, -0.15) is 0 Å². The van der Waals surface area contributed by atoms with Gasteiger partial charge in [-0.3, -0.25) is 0 Å². The Morgan fingerprint density at radius 1 is 1.60 bits per heavy atom. The number of aliphatic hydroxyl groups excluding tert-OH is 1.